The third-order valence-electron chi connectivity index (χ3n) is 8.87. The molecule has 0 saturated heterocycles. The molecule has 7 heteroatoms. The zero-order valence-electron chi connectivity index (χ0n) is 23.7. The van der Waals surface area contributed by atoms with Crippen molar-refractivity contribution < 1.29 is 31.8 Å². The fourth-order valence-corrected chi connectivity index (χ4v) is 6.40. The largest absolute Gasteiger partial charge is 0.486 e. The smallest absolute Gasteiger partial charge is 0.306 e. The van der Waals surface area contributed by atoms with Crippen LogP contribution in [0.4, 0.5) is 17.6 Å². The molecule has 0 aliphatic heterocycles. The number of alkyl halides is 2. The maximum absolute atomic E-state index is 15.6. The molecule has 41 heavy (non-hydrogen) atoms. The van der Waals surface area contributed by atoms with Crippen LogP contribution in [0.15, 0.2) is 54.6 Å². The Labute approximate surface area is 238 Å². The number of rotatable bonds is 10. The predicted octanol–water partition coefficient (Wildman–Crippen LogP) is 9.50. The summed E-state index contributed by atoms with van der Waals surface area (Å²) in [5.74, 6) is -1.22. The van der Waals surface area contributed by atoms with Crippen LogP contribution in [0.25, 0.3) is 11.1 Å². The molecule has 3 aromatic rings. The van der Waals surface area contributed by atoms with Crippen molar-refractivity contribution in [3.05, 3.63) is 88.5 Å². The highest BCUT2D eigenvalue weighted by molar-refractivity contribution is 5.71. The number of ether oxygens (including phenoxy) is 2. The van der Waals surface area contributed by atoms with Crippen molar-refractivity contribution >= 4 is 5.97 Å². The van der Waals surface area contributed by atoms with Crippen LogP contribution in [-0.4, -0.2) is 13.1 Å². The lowest BCUT2D eigenvalue weighted by Crippen LogP contribution is -2.17. The van der Waals surface area contributed by atoms with Crippen LogP contribution in [-0.2, 0) is 16.1 Å². The summed E-state index contributed by atoms with van der Waals surface area (Å²) in [6.45, 7) is 4.43. The topological polar surface area (TPSA) is 35.5 Å². The number of hydrogen-bond donors (Lipinski definition) is 0. The van der Waals surface area contributed by atoms with Crippen LogP contribution in [0.5, 0.6) is 5.75 Å². The van der Waals surface area contributed by atoms with E-state index in [9.17, 15) is 13.6 Å². The van der Waals surface area contributed by atoms with Gasteiger partial charge in [0, 0.05) is 17.0 Å². The summed E-state index contributed by atoms with van der Waals surface area (Å²) >= 11 is 0. The third-order valence-corrected chi connectivity index (χ3v) is 8.87. The molecule has 2 aliphatic rings. The molecule has 2 aliphatic carbocycles. The molecular weight excluding hydrogens is 532 g/mol. The van der Waals surface area contributed by atoms with Gasteiger partial charge >= 0.3 is 5.97 Å². The molecule has 1 unspecified atom stereocenters. The van der Waals surface area contributed by atoms with E-state index in [2.05, 4.69) is 13.8 Å². The van der Waals surface area contributed by atoms with E-state index in [0.29, 0.717) is 11.1 Å². The molecule has 0 N–H and O–H groups in total. The quantitative estimate of drug-likeness (QED) is 0.181. The number of methoxy groups -OCH3 is 1. The van der Waals surface area contributed by atoms with Crippen molar-refractivity contribution in [1.29, 1.82) is 0 Å². The fraction of sp³-hybridized carbons (Fsp3) is 0.441. The summed E-state index contributed by atoms with van der Waals surface area (Å²) < 4.78 is 68.5. The Bertz CT molecular complexity index is 1410. The van der Waals surface area contributed by atoms with E-state index in [-0.39, 0.29) is 59.0 Å². The van der Waals surface area contributed by atoms with Crippen molar-refractivity contribution in [2.24, 2.45) is 11.3 Å². The summed E-state index contributed by atoms with van der Waals surface area (Å²) in [6, 6.07) is 14.0. The van der Waals surface area contributed by atoms with Gasteiger partial charge in [0.1, 0.15) is 12.4 Å². The Morgan fingerprint density at radius 2 is 1.78 bits per heavy atom. The van der Waals surface area contributed by atoms with Crippen LogP contribution in [0.3, 0.4) is 0 Å². The standard InChI is InChI=1S/C34H36F4O3/c1-34(2)15-5-7-28(34)26-16-20(9-13-23(26)27-17-22(33(37)38)12-14-29(27)35)19-41-30-8-4-6-24(32(30)36)25(21-10-11-21)18-31(39)40-3/h4,6,8-9,12-14,16-17,21,25,28,33H,5,7,10-11,15,18-19H2,1-3H3/t25?,28-/m1/s1. The highest BCUT2D eigenvalue weighted by Crippen LogP contribution is 2.51. The molecule has 0 radical (unpaired) electrons. The molecule has 2 fully saturated rings. The van der Waals surface area contributed by atoms with Crippen molar-refractivity contribution in [2.75, 3.05) is 7.11 Å². The van der Waals surface area contributed by atoms with Gasteiger partial charge in [0.25, 0.3) is 6.43 Å². The second kappa shape index (κ2) is 11.9. The summed E-state index contributed by atoms with van der Waals surface area (Å²) in [4.78, 5) is 12.0. The Morgan fingerprint density at radius 3 is 2.44 bits per heavy atom. The van der Waals surface area contributed by atoms with E-state index < -0.39 is 18.1 Å². The molecule has 0 aromatic heterocycles. The second-order valence-corrected chi connectivity index (χ2v) is 12.1. The summed E-state index contributed by atoms with van der Waals surface area (Å²) in [5, 5.41) is 0. The zero-order valence-corrected chi connectivity index (χ0v) is 23.7. The van der Waals surface area contributed by atoms with Gasteiger partial charge in [-0.1, -0.05) is 56.7 Å². The summed E-state index contributed by atoms with van der Waals surface area (Å²) in [5.41, 5.74) is 2.59. The predicted molar refractivity (Wildman–Crippen MR) is 150 cm³/mol. The number of benzene rings is 3. The highest BCUT2D eigenvalue weighted by atomic mass is 19.3. The van der Waals surface area contributed by atoms with Crippen molar-refractivity contribution in [3.8, 4) is 16.9 Å². The van der Waals surface area contributed by atoms with Crippen LogP contribution < -0.4 is 4.74 Å². The fourth-order valence-electron chi connectivity index (χ4n) is 6.40. The Kier molecular flexibility index (Phi) is 8.44. The minimum absolute atomic E-state index is 0.0526. The van der Waals surface area contributed by atoms with Crippen molar-refractivity contribution in [2.45, 2.75) is 77.2 Å². The van der Waals surface area contributed by atoms with Crippen molar-refractivity contribution in [3.63, 3.8) is 0 Å². The monoisotopic (exact) mass is 568 g/mol. The first kappa shape index (κ1) is 29.2. The van der Waals surface area contributed by atoms with Gasteiger partial charge in [0.05, 0.1) is 13.5 Å². The van der Waals surface area contributed by atoms with E-state index in [1.54, 1.807) is 30.3 Å². The van der Waals surface area contributed by atoms with Gasteiger partial charge in [-0.15, -0.1) is 0 Å². The summed E-state index contributed by atoms with van der Waals surface area (Å²) in [7, 11) is 1.33. The highest BCUT2D eigenvalue weighted by Gasteiger charge is 2.38. The molecule has 2 saturated carbocycles. The van der Waals surface area contributed by atoms with Crippen molar-refractivity contribution in [1.82, 2.24) is 0 Å². The van der Waals surface area contributed by atoms with E-state index in [1.165, 1.54) is 13.2 Å². The van der Waals surface area contributed by atoms with Crippen LogP contribution in [0.2, 0.25) is 0 Å². The molecular formula is C34H36F4O3. The average molecular weight is 569 g/mol. The maximum atomic E-state index is 15.6. The first-order valence-electron chi connectivity index (χ1n) is 14.3. The van der Waals surface area contributed by atoms with Gasteiger partial charge in [-0.2, -0.15) is 0 Å². The molecule has 3 nitrogen and oxygen atoms in total. The Hall–Kier alpha value is -3.35. The molecule has 218 valence electrons. The zero-order chi connectivity index (χ0) is 29.3. The second-order valence-electron chi connectivity index (χ2n) is 12.1. The van der Waals surface area contributed by atoms with Gasteiger partial charge in [0.2, 0.25) is 0 Å². The first-order valence-corrected chi connectivity index (χ1v) is 14.3. The number of hydrogen-bond acceptors (Lipinski definition) is 3. The SMILES string of the molecule is COC(=O)CC(c1cccc(OCc2ccc(-c3cc(C(F)F)ccc3F)c([C@H]3CCCC3(C)C)c2)c1F)C1CC1. The van der Waals surface area contributed by atoms with E-state index >= 15 is 8.78 Å². The molecule has 2 atom stereocenters. The number of halogens is 4. The molecule has 5 rings (SSSR count). The lowest BCUT2D eigenvalue weighted by Gasteiger charge is -2.30. The number of carbonyl (C=O) groups is 1. The number of carbonyl (C=O) groups excluding carboxylic acids is 1. The summed E-state index contributed by atoms with van der Waals surface area (Å²) in [6.07, 6.45) is 2.23. The molecule has 3 aromatic carbocycles. The van der Waals surface area contributed by atoms with Gasteiger partial charge in [0.15, 0.2) is 11.6 Å². The van der Waals surface area contributed by atoms with Gasteiger partial charge in [-0.3, -0.25) is 4.79 Å². The Balaban J connectivity index is 1.46. The van der Waals surface area contributed by atoms with Crippen LogP contribution >= 0.6 is 0 Å². The lowest BCUT2D eigenvalue weighted by molar-refractivity contribution is -0.141. The third kappa shape index (κ3) is 6.29. The minimum atomic E-state index is -2.70. The Morgan fingerprint density at radius 1 is 1.00 bits per heavy atom. The molecule has 0 heterocycles. The van der Waals surface area contributed by atoms with Crippen LogP contribution in [0, 0.1) is 23.0 Å². The molecule has 0 bridgehead atoms. The normalized spacial score (nSPS) is 18.9. The van der Waals surface area contributed by atoms with E-state index in [4.69, 9.17) is 9.47 Å². The van der Waals surface area contributed by atoms with E-state index in [0.717, 1.165) is 55.4 Å². The minimum Gasteiger partial charge on any atom is -0.486 e. The number of esters is 1. The van der Waals surface area contributed by atoms with Gasteiger partial charge in [-0.05, 0) is 83.4 Å². The van der Waals surface area contributed by atoms with E-state index in [1.807, 2.05) is 6.07 Å². The molecule has 0 amide bonds. The van der Waals surface area contributed by atoms with Crippen LogP contribution in [0.1, 0.15) is 92.9 Å². The average Bonchev–Trinajstić information content (AvgIpc) is 3.73. The first-order chi connectivity index (χ1) is 19.6. The molecule has 0 spiro atoms. The van der Waals surface area contributed by atoms with Gasteiger partial charge < -0.3 is 9.47 Å². The maximum Gasteiger partial charge on any atom is 0.306 e. The van der Waals surface area contributed by atoms with Gasteiger partial charge in [-0.25, -0.2) is 17.6 Å². The lowest BCUT2D eigenvalue weighted by atomic mass is 9.75.